The van der Waals surface area contributed by atoms with E-state index in [2.05, 4.69) is 0 Å². The summed E-state index contributed by atoms with van der Waals surface area (Å²) >= 11 is 5.59. The van der Waals surface area contributed by atoms with Crippen molar-refractivity contribution in [3.8, 4) is 0 Å². The van der Waals surface area contributed by atoms with Gasteiger partial charge in [-0.15, -0.1) is 0 Å². The Morgan fingerprint density at radius 1 is 1.40 bits per heavy atom. The first-order valence-corrected chi connectivity index (χ1v) is 6.94. The topological polar surface area (TPSA) is 34.1 Å². The smallest absolute Gasteiger partial charge is 0.147 e. The number of sulfone groups is 1. The molecule has 0 fully saturated rings. The number of benzene rings is 1. The Morgan fingerprint density at radius 2 is 2.07 bits per heavy atom. The molecule has 0 N–H and O–H groups in total. The van der Waals surface area contributed by atoms with Crippen LogP contribution in [0.3, 0.4) is 0 Å². The van der Waals surface area contributed by atoms with Crippen molar-refractivity contribution < 1.29 is 12.8 Å². The number of aryl methyl sites for hydroxylation is 1. The maximum Gasteiger partial charge on any atom is 0.147 e. The van der Waals surface area contributed by atoms with E-state index < -0.39 is 9.84 Å². The molecule has 1 aromatic carbocycles. The van der Waals surface area contributed by atoms with Gasteiger partial charge in [0.1, 0.15) is 15.7 Å². The van der Waals surface area contributed by atoms with Crippen LogP contribution in [-0.4, -0.2) is 20.4 Å². The van der Waals surface area contributed by atoms with Crippen molar-refractivity contribution in [1.29, 1.82) is 0 Å². The maximum absolute atomic E-state index is 13.2. The lowest BCUT2D eigenvalue weighted by Gasteiger charge is -2.02. The largest absolute Gasteiger partial charge is 0.229 e. The number of hydrogen-bond donors (Lipinski definition) is 0. The lowest BCUT2D eigenvalue weighted by Crippen LogP contribution is -2.04. The summed E-state index contributed by atoms with van der Waals surface area (Å²) in [6.07, 6.45) is 2.01. The van der Waals surface area contributed by atoms with E-state index in [0.717, 1.165) is 0 Å². The molecule has 5 heteroatoms. The molecule has 2 nitrogen and oxygen atoms in total. The molecule has 1 rings (SSSR count). The minimum absolute atomic E-state index is 0.0784. The summed E-state index contributed by atoms with van der Waals surface area (Å²) in [5, 5.41) is 0.347. The quantitative estimate of drug-likeness (QED) is 0.823. The minimum atomic E-state index is -2.96. The third-order valence-electron chi connectivity index (χ3n) is 1.98. The molecular weight excluding hydrogens is 239 g/mol. The van der Waals surface area contributed by atoms with Crippen molar-refractivity contribution >= 4 is 21.4 Å². The van der Waals surface area contributed by atoms with Crippen LogP contribution in [0.4, 0.5) is 4.39 Å². The molecule has 1 aromatic rings. The second-order valence-corrected chi connectivity index (χ2v) is 6.17. The van der Waals surface area contributed by atoms with E-state index in [1.807, 2.05) is 0 Å². The molecule has 0 heterocycles. The summed E-state index contributed by atoms with van der Waals surface area (Å²) < 4.78 is 34.9. The van der Waals surface area contributed by atoms with E-state index in [9.17, 15) is 12.8 Å². The van der Waals surface area contributed by atoms with Crippen LogP contribution in [0.1, 0.15) is 12.0 Å². The van der Waals surface area contributed by atoms with Crippen molar-refractivity contribution in [2.24, 2.45) is 0 Å². The van der Waals surface area contributed by atoms with Crippen LogP contribution < -0.4 is 0 Å². The molecule has 0 saturated carbocycles. The van der Waals surface area contributed by atoms with E-state index in [1.54, 1.807) is 12.1 Å². The second-order valence-electron chi connectivity index (χ2n) is 3.47. The average Bonchev–Trinajstić information content (AvgIpc) is 2.07. The fraction of sp³-hybridized carbons (Fsp3) is 0.400. The summed E-state index contributed by atoms with van der Waals surface area (Å²) in [5.41, 5.74) is 0.503. The van der Waals surface area contributed by atoms with Gasteiger partial charge in [-0.2, -0.15) is 0 Å². The van der Waals surface area contributed by atoms with E-state index in [0.29, 0.717) is 23.4 Å². The number of halogens is 2. The predicted octanol–water partition coefficient (Wildman–Crippen LogP) is 2.46. The van der Waals surface area contributed by atoms with E-state index in [4.69, 9.17) is 11.6 Å². The zero-order chi connectivity index (χ0) is 11.5. The minimum Gasteiger partial charge on any atom is -0.229 e. The zero-order valence-electron chi connectivity index (χ0n) is 8.33. The molecular formula is C10H12ClFO2S. The van der Waals surface area contributed by atoms with Crippen molar-refractivity contribution in [3.63, 3.8) is 0 Å². The van der Waals surface area contributed by atoms with Gasteiger partial charge in [-0.1, -0.05) is 17.7 Å². The molecule has 0 atom stereocenters. The van der Waals surface area contributed by atoms with Gasteiger partial charge in [0.05, 0.1) is 5.75 Å². The van der Waals surface area contributed by atoms with Gasteiger partial charge in [-0.05, 0) is 30.5 Å². The van der Waals surface area contributed by atoms with Crippen LogP contribution in [0.25, 0.3) is 0 Å². The molecule has 15 heavy (non-hydrogen) atoms. The van der Waals surface area contributed by atoms with E-state index in [1.165, 1.54) is 12.3 Å². The van der Waals surface area contributed by atoms with Crippen molar-refractivity contribution in [3.05, 3.63) is 34.6 Å². The fourth-order valence-corrected chi connectivity index (χ4v) is 2.08. The van der Waals surface area contributed by atoms with Crippen LogP contribution in [0.15, 0.2) is 18.2 Å². The lowest BCUT2D eigenvalue weighted by molar-refractivity contribution is 0.593. The van der Waals surface area contributed by atoms with Gasteiger partial charge in [0, 0.05) is 11.3 Å². The van der Waals surface area contributed by atoms with Crippen molar-refractivity contribution in [2.45, 2.75) is 12.8 Å². The Kier molecular flexibility index (Phi) is 4.11. The van der Waals surface area contributed by atoms with Crippen molar-refractivity contribution in [2.75, 3.05) is 12.0 Å². The first-order chi connectivity index (χ1) is 6.88. The van der Waals surface area contributed by atoms with Crippen LogP contribution in [0.5, 0.6) is 0 Å². The first-order valence-electron chi connectivity index (χ1n) is 4.50. The highest BCUT2D eigenvalue weighted by Crippen LogP contribution is 2.16. The van der Waals surface area contributed by atoms with Crippen LogP contribution in [0.2, 0.25) is 5.02 Å². The van der Waals surface area contributed by atoms with Crippen LogP contribution in [-0.2, 0) is 16.3 Å². The molecule has 0 aromatic heterocycles. The van der Waals surface area contributed by atoms with Gasteiger partial charge >= 0.3 is 0 Å². The summed E-state index contributed by atoms with van der Waals surface area (Å²) in [5.74, 6) is -0.300. The summed E-state index contributed by atoms with van der Waals surface area (Å²) in [7, 11) is -2.96. The lowest BCUT2D eigenvalue weighted by atomic mass is 10.1. The van der Waals surface area contributed by atoms with Gasteiger partial charge < -0.3 is 0 Å². The van der Waals surface area contributed by atoms with Crippen molar-refractivity contribution in [1.82, 2.24) is 0 Å². The zero-order valence-corrected chi connectivity index (χ0v) is 9.91. The standard InChI is InChI=1S/C10H12ClFO2S/c1-15(13,14)6-2-3-8-4-5-9(11)7-10(8)12/h4-5,7H,2-3,6H2,1H3. The normalized spacial score (nSPS) is 11.7. The third kappa shape index (κ3) is 4.62. The Labute approximate surface area is 94.0 Å². The van der Waals surface area contributed by atoms with Gasteiger partial charge in [-0.3, -0.25) is 0 Å². The number of rotatable bonds is 4. The average molecular weight is 251 g/mol. The molecule has 0 aliphatic carbocycles. The summed E-state index contributed by atoms with van der Waals surface area (Å²) in [4.78, 5) is 0. The van der Waals surface area contributed by atoms with E-state index >= 15 is 0 Å². The third-order valence-corrected chi connectivity index (χ3v) is 3.24. The summed E-state index contributed by atoms with van der Waals surface area (Å²) in [6.45, 7) is 0. The van der Waals surface area contributed by atoms with E-state index in [-0.39, 0.29) is 11.6 Å². The maximum atomic E-state index is 13.2. The molecule has 0 spiro atoms. The molecule has 0 saturated heterocycles. The van der Waals surface area contributed by atoms with Crippen LogP contribution >= 0.6 is 11.6 Å². The highest BCUT2D eigenvalue weighted by Gasteiger charge is 2.05. The predicted molar refractivity (Wildman–Crippen MR) is 59.4 cm³/mol. The fourth-order valence-electron chi connectivity index (χ4n) is 1.25. The highest BCUT2D eigenvalue weighted by atomic mass is 35.5. The second kappa shape index (κ2) is 4.94. The molecule has 0 amide bonds. The van der Waals surface area contributed by atoms with Gasteiger partial charge in [0.2, 0.25) is 0 Å². The molecule has 0 aliphatic heterocycles. The Balaban J connectivity index is 2.59. The number of hydrogen-bond acceptors (Lipinski definition) is 2. The molecule has 0 bridgehead atoms. The Bertz CT molecular complexity index is 443. The highest BCUT2D eigenvalue weighted by molar-refractivity contribution is 7.90. The molecule has 0 radical (unpaired) electrons. The Morgan fingerprint density at radius 3 is 2.60 bits per heavy atom. The first kappa shape index (κ1) is 12.5. The molecule has 0 aliphatic rings. The SMILES string of the molecule is CS(=O)(=O)CCCc1ccc(Cl)cc1F. The molecule has 84 valence electrons. The van der Waals surface area contributed by atoms with Gasteiger partial charge in [-0.25, -0.2) is 12.8 Å². The summed E-state index contributed by atoms with van der Waals surface area (Å²) in [6, 6.07) is 4.41. The van der Waals surface area contributed by atoms with Gasteiger partial charge in [0.25, 0.3) is 0 Å². The van der Waals surface area contributed by atoms with Crippen LogP contribution in [0, 0.1) is 5.82 Å². The Hall–Kier alpha value is -0.610. The monoisotopic (exact) mass is 250 g/mol. The van der Waals surface area contributed by atoms with Gasteiger partial charge in [0.15, 0.2) is 0 Å². The molecule has 0 unspecified atom stereocenters.